The molecule has 1 aliphatic carbocycles. The second-order valence-electron chi connectivity index (χ2n) is 4.67. The highest BCUT2D eigenvalue weighted by molar-refractivity contribution is 7.89. The number of nitrogens with one attached hydrogen (secondary N) is 1. The SMILES string of the molecule is CC(NS(=O)(=O)CCCCCl)C1CCCC1. The van der Waals surface area contributed by atoms with Crippen LogP contribution in [0.3, 0.4) is 0 Å². The lowest BCUT2D eigenvalue weighted by molar-refractivity contribution is 0.423. The molecule has 96 valence electrons. The zero-order valence-electron chi connectivity index (χ0n) is 9.91. The molecule has 0 aromatic rings. The molecule has 1 atom stereocenters. The van der Waals surface area contributed by atoms with Gasteiger partial charge in [0.2, 0.25) is 10.0 Å². The van der Waals surface area contributed by atoms with Crippen LogP contribution in [0.1, 0.15) is 45.4 Å². The fourth-order valence-corrected chi connectivity index (χ4v) is 3.93. The van der Waals surface area contributed by atoms with Gasteiger partial charge in [0.15, 0.2) is 0 Å². The van der Waals surface area contributed by atoms with Crippen molar-refractivity contribution in [3.63, 3.8) is 0 Å². The Bertz CT molecular complexity index is 286. The molecule has 16 heavy (non-hydrogen) atoms. The molecule has 1 rings (SSSR count). The van der Waals surface area contributed by atoms with E-state index < -0.39 is 10.0 Å². The van der Waals surface area contributed by atoms with Crippen molar-refractivity contribution in [1.82, 2.24) is 4.72 Å². The van der Waals surface area contributed by atoms with Crippen molar-refractivity contribution in [2.24, 2.45) is 5.92 Å². The Labute approximate surface area is 104 Å². The summed E-state index contributed by atoms with van der Waals surface area (Å²) in [4.78, 5) is 0. The average Bonchev–Trinajstić information content (AvgIpc) is 2.69. The lowest BCUT2D eigenvalue weighted by atomic mass is 10.0. The van der Waals surface area contributed by atoms with E-state index in [9.17, 15) is 8.42 Å². The second kappa shape index (κ2) is 6.82. The van der Waals surface area contributed by atoms with E-state index in [2.05, 4.69) is 4.72 Å². The molecule has 0 aromatic carbocycles. The summed E-state index contributed by atoms with van der Waals surface area (Å²) in [5.41, 5.74) is 0. The lowest BCUT2D eigenvalue weighted by Gasteiger charge is -2.20. The van der Waals surface area contributed by atoms with Gasteiger partial charge in [-0.25, -0.2) is 13.1 Å². The van der Waals surface area contributed by atoms with Crippen LogP contribution in [0.5, 0.6) is 0 Å². The van der Waals surface area contributed by atoms with Gasteiger partial charge in [-0.1, -0.05) is 12.8 Å². The van der Waals surface area contributed by atoms with Gasteiger partial charge in [0.25, 0.3) is 0 Å². The van der Waals surface area contributed by atoms with Crippen molar-refractivity contribution in [3.8, 4) is 0 Å². The van der Waals surface area contributed by atoms with Crippen LogP contribution in [0, 0.1) is 5.92 Å². The molecule has 0 amide bonds. The third kappa shape index (κ3) is 5.02. The van der Waals surface area contributed by atoms with Crippen molar-refractivity contribution in [1.29, 1.82) is 0 Å². The summed E-state index contributed by atoms with van der Waals surface area (Å²) in [6.45, 7) is 1.98. The van der Waals surface area contributed by atoms with Crippen LogP contribution in [0.15, 0.2) is 0 Å². The van der Waals surface area contributed by atoms with E-state index in [-0.39, 0.29) is 11.8 Å². The zero-order chi connectivity index (χ0) is 12.0. The molecule has 1 N–H and O–H groups in total. The Hall–Kier alpha value is 0.200. The van der Waals surface area contributed by atoms with Gasteiger partial charge in [-0.05, 0) is 38.5 Å². The van der Waals surface area contributed by atoms with E-state index >= 15 is 0 Å². The Morgan fingerprint density at radius 2 is 1.94 bits per heavy atom. The maximum Gasteiger partial charge on any atom is 0.211 e. The van der Waals surface area contributed by atoms with Gasteiger partial charge in [0, 0.05) is 11.9 Å². The fraction of sp³-hybridized carbons (Fsp3) is 1.00. The van der Waals surface area contributed by atoms with E-state index in [1.807, 2.05) is 6.92 Å². The monoisotopic (exact) mass is 267 g/mol. The molecule has 5 heteroatoms. The molecule has 3 nitrogen and oxygen atoms in total. The van der Waals surface area contributed by atoms with Gasteiger partial charge in [-0.3, -0.25) is 0 Å². The maximum atomic E-state index is 11.7. The number of hydrogen-bond acceptors (Lipinski definition) is 2. The first kappa shape index (κ1) is 14.3. The van der Waals surface area contributed by atoms with E-state index in [0.29, 0.717) is 18.2 Å². The van der Waals surface area contributed by atoms with Crippen molar-refractivity contribution < 1.29 is 8.42 Å². The van der Waals surface area contributed by atoms with Crippen molar-refractivity contribution in [2.45, 2.75) is 51.5 Å². The van der Waals surface area contributed by atoms with E-state index in [0.717, 1.165) is 19.3 Å². The van der Waals surface area contributed by atoms with Crippen molar-refractivity contribution in [3.05, 3.63) is 0 Å². The van der Waals surface area contributed by atoms with Gasteiger partial charge in [-0.2, -0.15) is 0 Å². The summed E-state index contributed by atoms with van der Waals surface area (Å²) < 4.78 is 26.2. The molecule has 0 aliphatic heterocycles. The molecule has 1 unspecified atom stereocenters. The first-order valence-corrected chi connectivity index (χ1v) is 8.30. The number of sulfonamides is 1. The van der Waals surface area contributed by atoms with Gasteiger partial charge in [0.05, 0.1) is 5.75 Å². The molecule has 1 fully saturated rings. The predicted molar refractivity (Wildman–Crippen MR) is 68.3 cm³/mol. The van der Waals surface area contributed by atoms with Crippen LogP contribution in [0.25, 0.3) is 0 Å². The van der Waals surface area contributed by atoms with Crippen LogP contribution in [-0.2, 0) is 10.0 Å². The molecule has 1 aliphatic rings. The minimum atomic E-state index is -3.10. The summed E-state index contributed by atoms with van der Waals surface area (Å²) in [6.07, 6.45) is 6.21. The van der Waals surface area contributed by atoms with Gasteiger partial charge in [-0.15, -0.1) is 11.6 Å². The molecule has 0 radical (unpaired) electrons. The van der Waals surface area contributed by atoms with Gasteiger partial charge in [0.1, 0.15) is 0 Å². The minimum absolute atomic E-state index is 0.0866. The van der Waals surface area contributed by atoms with Crippen LogP contribution < -0.4 is 4.72 Å². The maximum absolute atomic E-state index is 11.7. The Morgan fingerprint density at radius 3 is 2.50 bits per heavy atom. The Morgan fingerprint density at radius 1 is 1.31 bits per heavy atom. The molecular formula is C11H22ClNO2S. The topological polar surface area (TPSA) is 46.2 Å². The summed E-state index contributed by atoms with van der Waals surface area (Å²) in [7, 11) is -3.10. The van der Waals surface area contributed by atoms with Gasteiger partial charge < -0.3 is 0 Å². The molecule has 0 aromatic heterocycles. The smallest absolute Gasteiger partial charge is 0.211 e. The molecule has 0 spiro atoms. The van der Waals surface area contributed by atoms with Crippen LogP contribution in [-0.4, -0.2) is 26.1 Å². The molecule has 0 bridgehead atoms. The van der Waals surface area contributed by atoms with Crippen LogP contribution >= 0.6 is 11.6 Å². The van der Waals surface area contributed by atoms with Crippen molar-refractivity contribution >= 4 is 21.6 Å². The molecule has 0 saturated heterocycles. The third-order valence-electron chi connectivity index (χ3n) is 3.27. The van der Waals surface area contributed by atoms with Crippen molar-refractivity contribution in [2.75, 3.05) is 11.6 Å². The molecular weight excluding hydrogens is 246 g/mol. The number of halogens is 1. The Balaban J connectivity index is 2.33. The zero-order valence-corrected chi connectivity index (χ0v) is 11.5. The number of unbranched alkanes of at least 4 members (excludes halogenated alkanes) is 1. The van der Waals surface area contributed by atoms with Crippen LogP contribution in [0.2, 0.25) is 0 Å². The first-order chi connectivity index (χ1) is 7.55. The summed E-state index contributed by atoms with van der Waals surface area (Å²) in [5.74, 6) is 1.27. The highest BCUT2D eigenvalue weighted by Crippen LogP contribution is 2.27. The largest absolute Gasteiger partial charge is 0.212 e. The lowest BCUT2D eigenvalue weighted by Crippen LogP contribution is -2.38. The van der Waals surface area contributed by atoms with E-state index in [4.69, 9.17) is 11.6 Å². The molecule has 0 heterocycles. The fourth-order valence-electron chi connectivity index (χ4n) is 2.28. The minimum Gasteiger partial charge on any atom is -0.212 e. The number of rotatable bonds is 7. The molecule has 1 saturated carbocycles. The van der Waals surface area contributed by atoms with Crippen LogP contribution in [0.4, 0.5) is 0 Å². The average molecular weight is 268 g/mol. The van der Waals surface area contributed by atoms with Gasteiger partial charge >= 0.3 is 0 Å². The Kier molecular flexibility index (Phi) is 6.08. The highest BCUT2D eigenvalue weighted by Gasteiger charge is 2.24. The summed E-state index contributed by atoms with van der Waals surface area (Å²) in [6, 6.07) is 0.0866. The number of hydrogen-bond donors (Lipinski definition) is 1. The third-order valence-corrected chi connectivity index (χ3v) is 5.09. The van der Waals surface area contributed by atoms with E-state index in [1.165, 1.54) is 12.8 Å². The predicted octanol–water partition coefficient (Wildman–Crippen LogP) is 2.50. The summed E-state index contributed by atoms with van der Waals surface area (Å²) >= 11 is 5.52. The standard InChI is InChI=1S/C11H22ClNO2S/c1-10(11-6-2-3-7-11)13-16(14,15)9-5-4-8-12/h10-11,13H,2-9H2,1H3. The normalized spacial score (nSPS) is 20.1. The number of alkyl halides is 1. The van der Waals surface area contributed by atoms with E-state index in [1.54, 1.807) is 0 Å². The summed E-state index contributed by atoms with van der Waals surface area (Å²) in [5, 5.41) is 0. The quantitative estimate of drug-likeness (QED) is 0.569. The first-order valence-electron chi connectivity index (χ1n) is 6.11. The highest BCUT2D eigenvalue weighted by atomic mass is 35.5. The second-order valence-corrected chi connectivity index (χ2v) is 6.92.